The number of ether oxygens (including phenoxy) is 1. The molecule has 1 aromatic heterocycles. The first-order chi connectivity index (χ1) is 14.0. The Balaban J connectivity index is 1.48. The van der Waals surface area contributed by atoms with Gasteiger partial charge in [0.2, 0.25) is 5.91 Å². The minimum atomic E-state index is -0.637. The average molecular weight is 417 g/mol. The van der Waals surface area contributed by atoms with E-state index in [0.717, 1.165) is 6.42 Å². The molecule has 2 heterocycles. The lowest BCUT2D eigenvalue weighted by Gasteiger charge is -2.12. The van der Waals surface area contributed by atoms with E-state index in [4.69, 9.17) is 4.74 Å². The van der Waals surface area contributed by atoms with Crippen LogP contribution in [-0.2, 0) is 16.1 Å². The molecule has 0 bridgehead atoms. The van der Waals surface area contributed by atoms with Crippen LogP contribution in [0.5, 0.6) is 0 Å². The summed E-state index contributed by atoms with van der Waals surface area (Å²) in [5, 5.41) is 19.3. The maximum absolute atomic E-state index is 13.2. The van der Waals surface area contributed by atoms with E-state index in [9.17, 15) is 19.2 Å². The van der Waals surface area contributed by atoms with Gasteiger partial charge in [-0.3, -0.25) is 10.1 Å². The minimum Gasteiger partial charge on any atom is -0.368 e. The van der Waals surface area contributed by atoms with Crippen molar-refractivity contribution >= 4 is 28.4 Å². The van der Waals surface area contributed by atoms with E-state index in [1.165, 1.54) is 23.5 Å². The van der Waals surface area contributed by atoms with Crippen LogP contribution in [0.3, 0.4) is 0 Å². The third-order valence-corrected chi connectivity index (χ3v) is 5.08. The number of hydrogen-bond donors (Lipinski definition) is 3. The number of nitrogens with one attached hydrogen (secondary N) is 3. The van der Waals surface area contributed by atoms with E-state index < -0.39 is 18.1 Å². The van der Waals surface area contributed by atoms with Crippen molar-refractivity contribution in [2.45, 2.75) is 31.4 Å². The maximum Gasteiger partial charge on any atom is 0.321 e. The van der Waals surface area contributed by atoms with Crippen molar-refractivity contribution in [2.75, 3.05) is 18.5 Å². The molecular formula is C19H20FN5O3S. The molecule has 1 aliphatic heterocycles. The number of carbonyl (C=O) groups excluding carboxylic acids is 2. The summed E-state index contributed by atoms with van der Waals surface area (Å²) in [4.78, 5) is 28.2. The van der Waals surface area contributed by atoms with Gasteiger partial charge < -0.3 is 15.4 Å². The van der Waals surface area contributed by atoms with Crippen LogP contribution in [0.2, 0.25) is 0 Å². The smallest absolute Gasteiger partial charge is 0.321 e. The Morgan fingerprint density at radius 1 is 1.41 bits per heavy atom. The number of nitrogens with zero attached hydrogens (tertiary/aromatic N) is 2. The van der Waals surface area contributed by atoms with Gasteiger partial charge in [-0.25, -0.2) is 14.2 Å². The molecule has 1 saturated heterocycles. The summed E-state index contributed by atoms with van der Waals surface area (Å²) in [6.07, 6.45) is 1.07. The zero-order chi connectivity index (χ0) is 20.6. The summed E-state index contributed by atoms with van der Waals surface area (Å²) < 4.78 is 18.5. The Morgan fingerprint density at radius 2 is 2.28 bits per heavy atom. The van der Waals surface area contributed by atoms with Crippen molar-refractivity contribution in [2.24, 2.45) is 0 Å². The van der Waals surface area contributed by atoms with Gasteiger partial charge in [-0.1, -0.05) is 12.1 Å². The second-order valence-electron chi connectivity index (χ2n) is 6.44. The fourth-order valence-electron chi connectivity index (χ4n) is 2.79. The van der Waals surface area contributed by atoms with Crippen molar-refractivity contribution in [1.82, 2.24) is 15.6 Å². The number of nitriles is 1. The zero-order valence-electron chi connectivity index (χ0n) is 15.5. The molecule has 152 valence electrons. The molecule has 29 heavy (non-hydrogen) atoms. The van der Waals surface area contributed by atoms with Crippen LogP contribution < -0.4 is 16.0 Å². The van der Waals surface area contributed by atoms with Gasteiger partial charge in [0.1, 0.15) is 17.8 Å². The fraction of sp³-hybridized carbons (Fsp3) is 0.368. The summed E-state index contributed by atoms with van der Waals surface area (Å²) in [6, 6.07) is 7.55. The van der Waals surface area contributed by atoms with Crippen molar-refractivity contribution < 1.29 is 18.7 Å². The Bertz CT molecular complexity index is 907. The van der Waals surface area contributed by atoms with Gasteiger partial charge in [-0.15, -0.1) is 11.3 Å². The van der Waals surface area contributed by atoms with Crippen molar-refractivity contribution in [1.29, 1.82) is 5.26 Å². The predicted molar refractivity (Wildman–Crippen MR) is 105 cm³/mol. The van der Waals surface area contributed by atoms with Crippen LogP contribution in [0.1, 0.15) is 30.0 Å². The fourth-order valence-corrected chi connectivity index (χ4v) is 3.55. The number of anilines is 1. The number of aromatic nitrogens is 1. The second-order valence-corrected chi connectivity index (χ2v) is 7.30. The van der Waals surface area contributed by atoms with Crippen molar-refractivity contribution in [3.05, 3.63) is 46.7 Å². The Kier molecular flexibility index (Phi) is 7.10. The molecule has 1 fully saturated rings. The second kappa shape index (κ2) is 9.95. The van der Waals surface area contributed by atoms with E-state index in [1.807, 2.05) is 0 Å². The zero-order valence-corrected chi connectivity index (χ0v) is 16.3. The maximum atomic E-state index is 13.2. The first-order valence-electron chi connectivity index (χ1n) is 9.09. The van der Waals surface area contributed by atoms with Crippen molar-refractivity contribution in [3.63, 3.8) is 0 Å². The Morgan fingerprint density at radius 3 is 3.00 bits per heavy atom. The average Bonchev–Trinajstić information content (AvgIpc) is 3.39. The highest BCUT2D eigenvalue weighted by atomic mass is 32.1. The van der Waals surface area contributed by atoms with Crippen LogP contribution in [0.25, 0.3) is 0 Å². The number of urea groups is 1. The van der Waals surface area contributed by atoms with E-state index in [0.29, 0.717) is 29.4 Å². The lowest BCUT2D eigenvalue weighted by Crippen LogP contribution is -2.36. The minimum absolute atomic E-state index is 0.115. The molecule has 0 saturated carbocycles. The molecule has 8 nitrogen and oxygen atoms in total. The molecule has 1 aromatic carbocycles. The monoisotopic (exact) mass is 417 g/mol. The van der Waals surface area contributed by atoms with E-state index in [2.05, 4.69) is 27.0 Å². The van der Waals surface area contributed by atoms with Crippen LogP contribution in [0.15, 0.2) is 29.6 Å². The van der Waals surface area contributed by atoms with Crippen LogP contribution in [-0.4, -0.2) is 36.2 Å². The van der Waals surface area contributed by atoms with E-state index in [1.54, 1.807) is 17.5 Å². The molecule has 0 aliphatic carbocycles. The molecule has 1 aliphatic rings. The van der Waals surface area contributed by atoms with Gasteiger partial charge in [0, 0.05) is 25.1 Å². The SMILES string of the molecule is N#CC(CNC(=O)C1CCCO1)c1csc(NC(=O)NCc2cccc(F)c2)n1. The summed E-state index contributed by atoms with van der Waals surface area (Å²) in [5.41, 5.74) is 1.09. The summed E-state index contributed by atoms with van der Waals surface area (Å²) in [5.74, 6) is -1.24. The quantitative estimate of drug-likeness (QED) is 0.640. The van der Waals surface area contributed by atoms with Crippen LogP contribution in [0, 0.1) is 17.1 Å². The number of benzene rings is 1. The molecule has 10 heteroatoms. The van der Waals surface area contributed by atoms with E-state index >= 15 is 0 Å². The summed E-state index contributed by atoms with van der Waals surface area (Å²) in [6.45, 7) is 0.851. The van der Waals surface area contributed by atoms with Gasteiger partial charge >= 0.3 is 6.03 Å². The first-order valence-corrected chi connectivity index (χ1v) is 9.97. The number of hydrogen-bond acceptors (Lipinski definition) is 6. The van der Waals surface area contributed by atoms with Gasteiger partial charge in [0.05, 0.1) is 11.8 Å². The predicted octanol–water partition coefficient (Wildman–Crippen LogP) is 2.51. The molecule has 3 rings (SSSR count). The third-order valence-electron chi connectivity index (χ3n) is 4.30. The lowest BCUT2D eigenvalue weighted by atomic mass is 10.1. The highest BCUT2D eigenvalue weighted by molar-refractivity contribution is 7.13. The first kappa shape index (κ1) is 20.7. The highest BCUT2D eigenvalue weighted by Crippen LogP contribution is 2.22. The van der Waals surface area contributed by atoms with Gasteiger partial charge in [0.15, 0.2) is 5.13 Å². The topological polar surface area (TPSA) is 116 Å². The standard InChI is InChI=1S/C19H20FN5O3S/c20-14-4-1-3-12(7-14)9-23-18(27)25-19-24-15(11-29-19)13(8-21)10-22-17(26)16-5-2-6-28-16/h1,3-4,7,11,13,16H,2,5-6,9-10H2,(H,22,26)(H2,23,24,25,27). The molecule has 3 N–H and O–H groups in total. The third kappa shape index (κ3) is 5.97. The van der Waals surface area contributed by atoms with Gasteiger partial charge in [-0.05, 0) is 30.5 Å². The normalized spacial score (nSPS) is 16.6. The number of carbonyl (C=O) groups is 2. The Hall–Kier alpha value is -3.03. The number of halogens is 1. The molecule has 0 radical (unpaired) electrons. The van der Waals surface area contributed by atoms with Gasteiger partial charge in [0.25, 0.3) is 0 Å². The molecule has 2 atom stereocenters. The molecule has 3 amide bonds. The molecule has 2 aromatic rings. The Labute approximate surface area is 171 Å². The summed E-state index contributed by atoms with van der Waals surface area (Å²) in [7, 11) is 0. The van der Waals surface area contributed by atoms with E-state index in [-0.39, 0.29) is 24.8 Å². The largest absolute Gasteiger partial charge is 0.368 e. The highest BCUT2D eigenvalue weighted by Gasteiger charge is 2.25. The van der Waals surface area contributed by atoms with Gasteiger partial charge in [-0.2, -0.15) is 5.26 Å². The van der Waals surface area contributed by atoms with Crippen LogP contribution in [0.4, 0.5) is 14.3 Å². The molecular weight excluding hydrogens is 397 g/mol. The molecule has 0 spiro atoms. The lowest BCUT2D eigenvalue weighted by molar-refractivity contribution is -0.130. The number of rotatable bonds is 7. The molecule has 2 unspecified atom stereocenters. The van der Waals surface area contributed by atoms with Crippen molar-refractivity contribution in [3.8, 4) is 6.07 Å². The summed E-state index contributed by atoms with van der Waals surface area (Å²) >= 11 is 1.17. The number of thiazole rings is 1. The van der Waals surface area contributed by atoms with Crippen LogP contribution >= 0.6 is 11.3 Å². The number of amides is 3.